The Hall–Kier alpha value is -1.62. The minimum Gasteiger partial charge on any atom is -0.373 e. The van der Waals surface area contributed by atoms with Crippen molar-refractivity contribution in [1.82, 2.24) is 15.2 Å². The van der Waals surface area contributed by atoms with Crippen molar-refractivity contribution in [2.45, 2.75) is 25.9 Å². The van der Waals surface area contributed by atoms with Crippen molar-refractivity contribution >= 4 is 11.7 Å². The first-order valence-corrected chi connectivity index (χ1v) is 6.20. The van der Waals surface area contributed by atoms with Gasteiger partial charge in [0.2, 0.25) is 5.91 Å². The van der Waals surface area contributed by atoms with Gasteiger partial charge in [-0.15, -0.1) is 0 Å². The summed E-state index contributed by atoms with van der Waals surface area (Å²) in [6.07, 6.45) is 1.77. The zero-order valence-corrected chi connectivity index (χ0v) is 11.2. The Kier molecular flexibility index (Phi) is 3.52. The molecule has 0 radical (unpaired) electrons. The monoisotopic (exact) mass is 248 g/mol. The summed E-state index contributed by atoms with van der Waals surface area (Å²) in [6, 6.07) is 3.97. The molecule has 18 heavy (non-hydrogen) atoms. The Labute approximate surface area is 108 Å². The zero-order chi connectivity index (χ0) is 13.2. The van der Waals surface area contributed by atoms with Crippen LogP contribution in [0.25, 0.3) is 0 Å². The summed E-state index contributed by atoms with van der Waals surface area (Å²) >= 11 is 0. The largest absolute Gasteiger partial charge is 0.373 e. The molecular formula is C13H20N4O. The predicted octanol–water partition coefficient (Wildman–Crippen LogP) is 0.834. The molecule has 1 saturated heterocycles. The second-order valence-corrected chi connectivity index (χ2v) is 5.00. The van der Waals surface area contributed by atoms with Gasteiger partial charge in [0.1, 0.15) is 5.82 Å². The maximum absolute atomic E-state index is 11.9. The fourth-order valence-corrected chi connectivity index (χ4v) is 2.22. The molecule has 1 fully saturated rings. The molecule has 0 aliphatic carbocycles. The van der Waals surface area contributed by atoms with Gasteiger partial charge in [-0.2, -0.15) is 0 Å². The van der Waals surface area contributed by atoms with Crippen LogP contribution in [-0.4, -0.2) is 41.5 Å². The number of carbonyl (C=O) groups is 1. The van der Waals surface area contributed by atoms with Gasteiger partial charge in [-0.25, -0.2) is 4.98 Å². The van der Waals surface area contributed by atoms with Crippen molar-refractivity contribution in [2.75, 3.05) is 25.5 Å². The summed E-state index contributed by atoms with van der Waals surface area (Å²) in [5.74, 6) is 0.961. The van der Waals surface area contributed by atoms with E-state index in [0.29, 0.717) is 6.54 Å². The average Bonchev–Trinajstić information content (AvgIpc) is 2.36. The summed E-state index contributed by atoms with van der Waals surface area (Å²) in [6.45, 7) is 6.20. The lowest BCUT2D eigenvalue weighted by molar-refractivity contribution is -0.135. The van der Waals surface area contributed by atoms with Crippen molar-refractivity contribution in [3.05, 3.63) is 23.9 Å². The first-order chi connectivity index (χ1) is 8.55. The molecule has 0 atom stereocenters. The minimum atomic E-state index is -0.473. The number of rotatable bonds is 3. The second-order valence-electron chi connectivity index (χ2n) is 5.00. The number of nitrogens with one attached hydrogen (secondary N) is 2. The minimum absolute atomic E-state index is 0.0867. The molecule has 5 nitrogen and oxygen atoms in total. The van der Waals surface area contributed by atoms with E-state index in [0.717, 1.165) is 24.5 Å². The van der Waals surface area contributed by atoms with E-state index in [4.69, 9.17) is 0 Å². The number of nitrogens with zero attached hydrogens (tertiary/aromatic N) is 2. The zero-order valence-electron chi connectivity index (χ0n) is 11.2. The number of aromatic nitrogens is 1. The fraction of sp³-hybridized carbons (Fsp3) is 0.538. The number of anilines is 1. The molecule has 1 aromatic rings. The number of carbonyl (C=O) groups excluding carboxylic acids is 1. The highest BCUT2D eigenvalue weighted by molar-refractivity contribution is 5.86. The Morgan fingerprint density at radius 2 is 2.33 bits per heavy atom. The third-order valence-electron chi connectivity index (χ3n) is 3.50. The highest BCUT2D eigenvalue weighted by Gasteiger charge is 2.37. The smallest absolute Gasteiger partial charge is 0.240 e. The molecule has 0 bridgehead atoms. The standard InChI is InChI=1S/C13H20N4O/c1-13(2)12(18)16-7-8-17(13)9-10-5-4-6-15-11(10)14-3/h4-6H,7-9H2,1-3H3,(H,14,15)(H,16,18). The number of hydrogen-bond donors (Lipinski definition) is 2. The molecule has 2 heterocycles. The number of piperazine rings is 1. The SMILES string of the molecule is CNc1ncccc1CN1CCNC(=O)C1(C)C. The lowest BCUT2D eigenvalue weighted by Gasteiger charge is -2.41. The van der Waals surface area contributed by atoms with Crippen LogP contribution in [0.4, 0.5) is 5.82 Å². The van der Waals surface area contributed by atoms with Crippen molar-refractivity contribution in [1.29, 1.82) is 0 Å². The quantitative estimate of drug-likeness (QED) is 0.832. The van der Waals surface area contributed by atoms with E-state index >= 15 is 0 Å². The van der Waals surface area contributed by atoms with Crippen LogP contribution in [-0.2, 0) is 11.3 Å². The third-order valence-corrected chi connectivity index (χ3v) is 3.50. The first kappa shape index (κ1) is 12.8. The molecule has 2 N–H and O–H groups in total. The van der Waals surface area contributed by atoms with E-state index in [-0.39, 0.29) is 5.91 Å². The molecular weight excluding hydrogens is 228 g/mol. The van der Waals surface area contributed by atoms with E-state index in [1.54, 1.807) is 6.20 Å². The molecule has 1 aromatic heterocycles. The molecule has 0 unspecified atom stereocenters. The van der Waals surface area contributed by atoms with Crippen LogP contribution >= 0.6 is 0 Å². The second kappa shape index (κ2) is 4.94. The molecule has 0 spiro atoms. The van der Waals surface area contributed by atoms with Crippen LogP contribution < -0.4 is 10.6 Å². The van der Waals surface area contributed by atoms with E-state index in [2.05, 4.69) is 20.5 Å². The normalized spacial score (nSPS) is 19.4. The topological polar surface area (TPSA) is 57.3 Å². The van der Waals surface area contributed by atoms with Gasteiger partial charge >= 0.3 is 0 Å². The van der Waals surface area contributed by atoms with Gasteiger partial charge in [-0.05, 0) is 19.9 Å². The molecule has 1 amide bonds. The van der Waals surface area contributed by atoms with E-state index < -0.39 is 5.54 Å². The van der Waals surface area contributed by atoms with E-state index in [1.807, 2.05) is 33.0 Å². The highest BCUT2D eigenvalue weighted by Crippen LogP contribution is 2.22. The van der Waals surface area contributed by atoms with E-state index in [9.17, 15) is 4.79 Å². The maximum Gasteiger partial charge on any atom is 0.240 e. The molecule has 0 aromatic carbocycles. The maximum atomic E-state index is 11.9. The van der Waals surface area contributed by atoms with Crippen LogP contribution in [0, 0.1) is 0 Å². The van der Waals surface area contributed by atoms with Crippen molar-refractivity contribution in [3.8, 4) is 0 Å². The average molecular weight is 248 g/mol. The van der Waals surface area contributed by atoms with Crippen LogP contribution in [0.15, 0.2) is 18.3 Å². The van der Waals surface area contributed by atoms with Gasteiger partial charge < -0.3 is 10.6 Å². The van der Waals surface area contributed by atoms with Gasteiger partial charge in [0.15, 0.2) is 0 Å². The van der Waals surface area contributed by atoms with Crippen molar-refractivity contribution < 1.29 is 4.79 Å². The number of pyridine rings is 1. The lowest BCUT2D eigenvalue weighted by Crippen LogP contribution is -2.61. The Morgan fingerprint density at radius 3 is 3.06 bits per heavy atom. The van der Waals surface area contributed by atoms with Gasteiger partial charge in [-0.1, -0.05) is 6.07 Å². The molecule has 1 aliphatic rings. The van der Waals surface area contributed by atoms with Crippen LogP contribution in [0.2, 0.25) is 0 Å². The molecule has 5 heteroatoms. The Bertz CT molecular complexity index is 444. The van der Waals surface area contributed by atoms with Crippen molar-refractivity contribution in [2.24, 2.45) is 0 Å². The Balaban J connectivity index is 2.20. The number of amides is 1. The fourth-order valence-electron chi connectivity index (χ4n) is 2.22. The van der Waals surface area contributed by atoms with E-state index in [1.165, 1.54) is 0 Å². The summed E-state index contributed by atoms with van der Waals surface area (Å²) in [5.41, 5.74) is 0.641. The van der Waals surface area contributed by atoms with Crippen LogP contribution in [0.1, 0.15) is 19.4 Å². The molecule has 1 aliphatic heterocycles. The Morgan fingerprint density at radius 1 is 1.56 bits per heavy atom. The van der Waals surface area contributed by atoms with Crippen LogP contribution in [0.5, 0.6) is 0 Å². The van der Waals surface area contributed by atoms with Gasteiger partial charge in [-0.3, -0.25) is 9.69 Å². The summed E-state index contributed by atoms with van der Waals surface area (Å²) < 4.78 is 0. The summed E-state index contributed by atoms with van der Waals surface area (Å²) in [5, 5.41) is 5.99. The summed E-state index contributed by atoms with van der Waals surface area (Å²) in [7, 11) is 1.86. The summed E-state index contributed by atoms with van der Waals surface area (Å²) in [4.78, 5) is 18.4. The van der Waals surface area contributed by atoms with Crippen molar-refractivity contribution in [3.63, 3.8) is 0 Å². The molecule has 98 valence electrons. The van der Waals surface area contributed by atoms with Gasteiger partial charge in [0.05, 0.1) is 5.54 Å². The highest BCUT2D eigenvalue weighted by atomic mass is 16.2. The van der Waals surface area contributed by atoms with Crippen LogP contribution in [0.3, 0.4) is 0 Å². The third kappa shape index (κ3) is 2.31. The first-order valence-electron chi connectivity index (χ1n) is 6.20. The predicted molar refractivity (Wildman–Crippen MR) is 71.3 cm³/mol. The van der Waals surface area contributed by atoms with Gasteiger partial charge in [0.25, 0.3) is 0 Å². The van der Waals surface area contributed by atoms with Gasteiger partial charge in [0, 0.05) is 38.4 Å². The molecule has 2 rings (SSSR count). The molecule has 0 saturated carbocycles. The number of hydrogen-bond acceptors (Lipinski definition) is 4. The lowest BCUT2D eigenvalue weighted by atomic mass is 9.98.